The van der Waals surface area contributed by atoms with Crippen LogP contribution < -0.4 is 10.2 Å². The molecule has 132 valence electrons. The zero-order valence-corrected chi connectivity index (χ0v) is 13.4. The van der Waals surface area contributed by atoms with Gasteiger partial charge in [-0.3, -0.25) is 4.79 Å². The minimum Gasteiger partial charge on any atom is -0.355 e. The molecule has 1 fully saturated rings. The van der Waals surface area contributed by atoms with Crippen LogP contribution in [0.4, 0.5) is 24.7 Å². The van der Waals surface area contributed by atoms with Crippen LogP contribution in [0.5, 0.6) is 0 Å². The number of halogens is 3. The van der Waals surface area contributed by atoms with E-state index in [0.29, 0.717) is 0 Å². The van der Waals surface area contributed by atoms with Crippen molar-refractivity contribution in [2.24, 2.45) is 0 Å². The van der Waals surface area contributed by atoms with Crippen molar-refractivity contribution in [2.45, 2.75) is 25.4 Å². The fourth-order valence-corrected chi connectivity index (χ4v) is 2.68. The molecule has 3 rings (SSSR count). The number of carbonyl (C=O) groups is 1. The third kappa shape index (κ3) is 4.26. The molecule has 0 atom stereocenters. The maximum absolute atomic E-state index is 12.5. The Hall–Kier alpha value is -2.64. The van der Waals surface area contributed by atoms with Crippen LogP contribution in [0.15, 0.2) is 36.4 Å². The smallest absolute Gasteiger partial charge is 0.355 e. The van der Waals surface area contributed by atoms with E-state index in [1.807, 2.05) is 0 Å². The minimum absolute atomic E-state index is 0.112. The van der Waals surface area contributed by atoms with Crippen molar-refractivity contribution in [2.75, 3.05) is 23.3 Å². The molecule has 0 bridgehead atoms. The third-order valence-corrected chi connectivity index (χ3v) is 4.03. The van der Waals surface area contributed by atoms with E-state index in [-0.39, 0.29) is 11.4 Å². The highest BCUT2D eigenvalue weighted by atomic mass is 19.4. The summed E-state index contributed by atoms with van der Waals surface area (Å²) in [6.45, 7) is 1.84. The monoisotopic (exact) mass is 350 g/mol. The summed E-state index contributed by atoms with van der Waals surface area (Å²) < 4.78 is 37.6. The first kappa shape index (κ1) is 17.2. The Balaban J connectivity index is 1.64. The van der Waals surface area contributed by atoms with E-state index >= 15 is 0 Å². The Morgan fingerprint density at radius 3 is 2.20 bits per heavy atom. The number of rotatable bonds is 3. The van der Waals surface area contributed by atoms with Gasteiger partial charge < -0.3 is 10.2 Å². The van der Waals surface area contributed by atoms with Crippen molar-refractivity contribution in [3.63, 3.8) is 0 Å². The van der Waals surface area contributed by atoms with E-state index < -0.39 is 17.6 Å². The van der Waals surface area contributed by atoms with Gasteiger partial charge in [0.15, 0.2) is 11.5 Å². The SMILES string of the molecule is O=C(Nc1ccc(C(F)(F)F)cc1)c1ccc(N2CCCCC2)nn1. The van der Waals surface area contributed by atoms with Crippen LogP contribution >= 0.6 is 0 Å². The van der Waals surface area contributed by atoms with Crippen molar-refractivity contribution in [1.29, 1.82) is 0 Å². The fraction of sp³-hybridized carbons (Fsp3) is 0.353. The molecule has 1 aliphatic rings. The second-order valence-corrected chi connectivity index (χ2v) is 5.85. The lowest BCUT2D eigenvalue weighted by Gasteiger charge is -2.27. The van der Waals surface area contributed by atoms with Gasteiger partial charge in [0.2, 0.25) is 0 Å². The minimum atomic E-state index is -4.40. The van der Waals surface area contributed by atoms with Gasteiger partial charge in [-0.15, -0.1) is 10.2 Å². The van der Waals surface area contributed by atoms with E-state index in [1.54, 1.807) is 12.1 Å². The summed E-state index contributed by atoms with van der Waals surface area (Å²) in [5, 5.41) is 10.5. The predicted molar refractivity (Wildman–Crippen MR) is 87.5 cm³/mol. The standard InChI is InChI=1S/C17H17F3N4O/c18-17(19,20)12-4-6-13(7-5-12)21-16(25)14-8-9-15(23-22-14)24-10-2-1-3-11-24/h4-9H,1-3,10-11H2,(H,21,25). The summed E-state index contributed by atoms with van der Waals surface area (Å²) in [4.78, 5) is 14.3. The van der Waals surface area contributed by atoms with Crippen LogP contribution in [0.25, 0.3) is 0 Å². The van der Waals surface area contributed by atoms with Gasteiger partial charge in [0, 0.05) is 18.8 Å². The van der Waals surface area contributed by atoms with Gasteiger partial charge >= 0.3 is 6.18 Å². The first-order valence-corrected chi connectivity index (χ1v) is 8.01. The van der Waals surface area contributed by atoms with E-state index in [1.165, 1.54) is 18.6 Å². The lowest BCUT2D eigenvalue weighted by Crippen LogP contribution is -2.30. The van der Waals surface area contributed by atoms with Crippen LogP contribution in [0.3, 0.4) is 0 Å². The maximum atomic E-state index is 12.5. The Morgan fingerprint density at radius 1 is 0.960 bits per heavy atom. The van der Waals surface area contributed by atoms with E-state index in [0.717, 1.165) is 43.9 Å². The Bertz CT molecular complexity index is 723. The molecule has 1 aromatic heterocycles. The second kappa shape index (κ2) is 7.08. The molecule has 5 nitrogen and oxygen atoms in total. The molecule has 1 saturated heterocycles. The zero-order chi connectivity index (χ0) is 17.9. The molecule has 0 saturated carbocycles. The van der Waals surface area contributed by atoms with Crippen molar-refractivity contribution in [3.8, 4) is 0 Å². The maximum Gasteiger partial charge on any atom is 0.416 e. The number of hydrogen-bond acceptors (Lipinski definition) is 4. The van der Waals surface area contributed by atoms with Gasteiger partial charge in [-0.2, -0.15) is 13.2 Å². The van der Waals surface area contributed by atoms with E-state index in [4.69, 9.17) is 0 Å². The average Bonchev–Trinajstić information content (AvgIpc) is 2.62. The number of amides is 1. The van der Waals surface area contributed by atoms with Crippen LogP contribution in [-0.2, 0) is 6.18 Å². The molecule has 2 heterocycles. The number of hydrogen-bond donors (Lipinski definition) is 1. The van der Waals surface area contributed by atoms with Crippen LogP contribution in [0, 0.1) is 0 Å². The number of nitrogens with one attached hydrogen (secondary N) is 1. The summed E-state index contributed by atoms with van der Waals surface area (Å²) in [5.74, 6) is 0.211. The van der Waals surface area contributed by atoms with Crippen molar-refractivity contribution < 1.29 is 18.0 Å². The van der Waals surface area contributed by atoms with Gasteiger partial charge in [0.25, 0.3) is 5.91 Å². The highest BCUT2D eigenvalue weighted by molar-refractivity contribution is 6.02. The molecule has 1 aromatic carbocycles. The van der Waals surface area contributed by atoms with Gasteiger partial charge in [-0.1, -0.05) is 0 Å². The molecule has 0 radical (unpaired) electrons. The summed E-state index contributed by atoms with van der Waals surface area (Å²) in [7, 11) is 0. The first-order chi connectivity index (χ1) is 11.9. The molecule has 0 aliphatic carbocycles. The Labute approximate surface area is 142 Å². The lowest BCUT2D eigenvalue weighted by molar-refractivity contribution is -0.137. The van der Waals surface area contributed by atoms with Gasteiger partial charge in [0.1, 0.15) is 0 Å². The second-order valence-electron chi connectivity index (χ2n) is 5.85. The average molecular weight is 350 g/mol. The summed E-state index contributed by atoms with van der Waals surface area (Å²) in [5.41, 5.74) is -0.392. The molecule has 8 heteroatoms. The molecular weight excluding hydrogens is 333 g/mol. The highest BCUT2D eigenvalue weighted by Gasteiger charge is 2.30. The third-order valence-electron chi connectivity index (χ3n) is 4.03. The molecule has 25 heavy (non-hydrogen) atoms. The van der Waals surface area contributed by atoms with Crippen molar-refractivity contribution >= 4 is 17.4 Å². The summed E-state index contributed by atoms with van der Waals surface area (Å²) >= 11 is 0. The summed E-state index contributed by atoms with van der Waals surface area (Å²) in [6.07, 6.45) is -0.981. The number of benzene rings is 1. The number of alkyl halides is 3. The quantitative estimate of drug-likeness (QED) is 0.916. The largest absolute Gasteiger partial charge is 0.416 e. The fourth-order valence-electron chi connectivity index (χ4n) is 2.68. The van der Waals surface area contributed by atoms with Crippen molar-refractivity contribution in [3.05, 3.63) is 47.7 Å². The molecule has 0 unspecified atom stereocenters. The first-order valence-electron chi connectivity index (χ1n) is 8.01. The number of anilines is 2. The van der Waals surface area contributed by atoms with Gasteiger partial charge in [-0.05, 0) is 55.7 Å². The number of piperidine rings is 1. The molecule has 1 aliphatic heterocycles. The van der Waals surface area contributed by atoms with Crippen LogP contribution in [0.2, 0.25) is 0 Å². The molecule has 0 spiro atoms. The summed E-state index contributed by atoms with van der Waals surface area (Å²) in [6, 6.07) is 7.55. The number of nitrogens with zero attached hydrogens (tertiary/aromatic N) is 3. The van der Waals surface area contributed by atoms with Crippen molar-refractivity contribution in [1.82, 2.24) is 10.2 Å². The van der Waals surface area contributed by atoms with E-state index in [9.17, 15) is 18.0 Å². The Morgan fingerprint density at radius 2 is 1.64 bits per heavy atom. The lowest BCUT2D eigenvalue weighted by atomic mass is 10.1. The molecule has 2 aromatic rings. The normalized spacial score (nSPS) is 15.1. The zero-order valence-electron chi connectivity index (χ0n) is 13.4. The topological polar surface area (TPSA) is 58.1 Å². The number of aromatic nitrogens is 2. The van der Waals surface area contributed by atoms with E-state index in [2.05, 4.69) is 20.4 Å². The molecule has 1 N–H and O–H groups in total. The van der Waals surface area contributed by atoms with Crippen LogP contribution in [-0.4, -0.2) is 29.2 Å². The Kier molecular flexibility index (Phi) is 4.87. The highest BCUT2D eigenvalue weighted by Crippen LogP contribution is 2.29. The van der Waals surface area contributed by atoms with Gasteiger partial charge in [-0.25, -0.2) is 0 Å². The van der Waals surface area contributed by atoms with Gasteiger partial charge in [0.05, 0.1) is 5.56 Å². The number of carbonyl (C=O) groups excluding carboxylic acids is 1. The van der Waals surface area contributed by atoms with Crippen LogP contribution in [0.1, 0.15) is 35.3 Å². The predicted octanol–water partition coefficient (Wildman–Crippen LogP) is 3.74. The molecular formula is C17H17F3N4O. The molecule has 1 amide bonds.